The number of alkyl halides is 5. The minimum atomic E-state index is -5.59. The van der Waals surface area contributed by atoms with E-state index in [1.54, 1.807) is 34.0 Å². The minimum Gasteiger partial charge on any atom is -0.443 e. The number of nitrogens with zero attached hydrogens (tertiary/aromatic N) is 2. The van der Waals surface area contributed by atoms with Crippen LogP contribution in [0.3, 0.4) is 0 Å². The van der Waals surface area contributed by atoms with Crippen LogP contribution in [0, 0.1) is 11.3 Å². The van der Waals surface area contributed by atoms with Gasteiger partial charge >= 0.3 is 12.1 Å². The highest BCUT2D eigenvalue weighted by Crippen LogP contribution is 2.67. The number of carbonyl (C=O) groups excluding carboxylic acids is 1. The Balaban J connectivity index is 1.85. The summed E-state index contributed by atoms with van der Waals surface area (Å²) in [6, 6.07) is 3.07. The van der Waals surface area contributed by atoms with Gasteiger partial charge in [0.05, 0.1) is 11.0 Å². The van der Waals surface area contributed by atoms with Crippen molar-refractivity contribution in [2.75, 3.05) is 14.1 Å². The van der Waals surface area contributed by atoms with Crippen LogP contribution in [-0.2, 0) is 0 Å². The number of amides is 1. The molecule has 0 aromatic carbocycles. The molecule has 3 rings (SSSR count). The number of allylic oxidation sites excluding steroid dienone is 4. The maximum Gasteiger partial charge on any atom is 0.454 e. The van der Waals surface area contributed by atoms with Crippen molar-refractivity contribution in [1.29, 1.82) is 0 Å². The molecule has 0 radical (unpaired) electrons. The van der Waals surface area contributed by atoms with Crippen LogP contribution in [-0.4, -0.2) is 42.0 Å². The molecule has 30 heavy (non-hydrogen) atoms. The Morgan fingerprint density at radius 3 is 2.27 bits per heavy atom. The molecule has 1 aromatic heterocycles. The topological polar surface area (TPSA) is 42.4 Å². The molecule has 0 aliphatic heterocycles. The van der Waals surface area contributed by atoms with E-state index in [0.29, 0.717) is 16.9 Å². The van der Waals surface area contributed by atoms with Gasteiger partial charge in [0.25, 0.3) is 5.91 Å². The molecule has 1 aromatic rings. The third-order valence-corrected chi connectivity index (χ3v) is 5.68. The number of aromatic nitrogens is 1. The van der Waals surface area contributed by atoms with Gasteiger partial charge in [-0.25, -0.2) is 4.98 Å². The first-order chi connectivity index (χ1) is 13.8. The molecular formula is C21H23F5N2O2. The van der Waals surface area contributed by atoms with Gasteiger partial charge in [-0.1, -0.05) is 18.6 Å². The van der Waals surface area contributed by atoms with E-state index in [4.69, 9.17) is 4.74 Å². The van der Waals surface area contributed by atoms with Crippen molar-refractivity contribution in [2.45, 2.75) is 45.2 Å². The molecule has 1 heterocycles. The molecule has 0 N–H and O–H groups in total. The molecule has 2 aliphatic carbocycles. The highest BCUT2D eigenvalue weighted by molar-refractivity contribution is 5.93. The number of hydrogen-bond donors (Lipinski definition) is 0. The molecule has 164 valence electrons. The maximum absolute atomic E-state index is 14.2. The maximum atomic E-state index is 14.2. The van der Waals surface area contributed by atoms with E-state index >= 15 is 0 Å². The quantitative estimate of drug-likeness (QED) is 0.589. The molecule has 1 amide bonds. The van der Waals surface area contributed by atoms with Crippen molar-refractivity contribution >= 4 is 5.91 Å². The number of carbonyl (C=O) groups is 1. The fraction of sp³-hybridized carbons (Fsp3) is 0.524. The first kappa shape index (κ1) is 22.2. The van der Waals surface area contributed by atoms with Crippen LogP contribution >= 0.6 is 0 Å². The first-order valence-electron chi connectivity index (χ1n) is 9.52. The minimum absolute atomic E-state index is 0.0511. The number of pyridine rings is 1. The smallest absolute Gasteiger partial charge is 0.443 e. The molecule has 1 unspecified atom stereocenters. The molecule has 1 atom stereocenters. The van der Waals surface area contributed by atoms with Crippen molar-refractivity contribution in [1.82, 2.24) is 9.88 Å². The molecule has 0 saturated heterocycles. The lowest BCUT2D eigenvalue weighted by atomic mass is 9.78. The van der Waals surface area contributed by atoms with E-state index in [9.17, 15) is 26.7 Å². The average Bonchev–Trinajstić information content (AvgIpc) is 3.46. The van der Waals surface area contributed by atoms with Gasteiger partial charge in [0, 0.05) is 32.3 Å². The van der Waals surface area contributed by atoms with Crippen LogP contribution in [0.4, 0.5) is 22.0 Å². The molecule has 1 saturated carbocycles. The van der Waals surface area contributed by atoms with Crippen LogP contribution in [0.5, 0.6) is 5.88 Å². The summed E-state index contributed by atoms with van der Waals surface area (Å²) in [7, 11) is 3.23. The van der Waals surface area contributed by atoms with Gasteiger partial charge in [0.15, 0.2) is 0 Å². The van der Waals surface area contributed by atoms with Gasteiger partial charge in [-0.05, 0) is 37.8 Å². The second-order valence-corrected chi connectivity index (χ2v) is 8.16. The van der Waals surface area contributed by atoms with Crippen molar-refractivity contribution in [3.05, 3.63) is 46.9 Å². The van der Waals surface area contributed by atoms with E-state index in [0.717, 1.165) is 0 Å². The van der Waals surface area contributed by atoms with Gasteiger partial charge < -0.3 is 9.64 Å². The predicted molar refractivity (Wildman–Crippen MR) is 100 cm³/mol. The average molecular weight is 430 g/mol. The number of halogens is 5. The summed E-state index contributed by atoms with van der Waals surface area (Å²) in [5.41, 5.74) is -1.18. The van der Waals surface area contributed by atoms with E-state index in [1.165, 1.54) is 23.2 Å². The molecule has 9 heteroatoms. The zero-order valence-corrected chi connectivity index (χ0v) is 17.1. The largest absolute Gasteiger partial charge is 0.454 e. The normalized spacial score (nSPS) is 21.2. The third kappa shape index (κ3) is 3.70. The highest BCUT2D eigenvalue weighted by Gasteiger charge is 2.75. The Morgan fingerprint density at radius 1 is 1.20 bits per heavy atom. The van der Waals surface area contributed by atoms with Crippen molar-refractivity contribution in [2.24, 2.45) is 11.3 Å². The van der Waals surface area contributed by atoms with Crippen molar-refractivity contribution < 1.29 is 31.5 Å². The van der Waals surface area contributed by atoms with Gasteiger partial charge in [-0.3, -0.25) is 4.79 Å². The third-order valence-electron chi connectivity index (χ3n) is 5.68. The van der Waals surface area contributed by atoms with Crippen molar-refractivity contribution in [3.63, 3.8) is 0 Å². The summed E-state index contributed by atoms with van der Waals surface area (Å²) in [5.74, 6) is -4.70. The van der Waals surface area contributed by atoms with E-state index < -0.39 is 23.4 Å². The van der Waals surface area contributed by atoms with Gasteiger partial charge in [0.1, 0.15) is 5.76 Å². The Morgan fingerprint density at radius 2 is 1.83 bits per heavy atom. The molecule has 0 spiro atoms. The van der Waals surface area contributed by atoms with Crippen LogP contribution < -0.4 is 4.74 Å². The Bertz CT molecular complexity index is 897. The second-order valence-electron chi connectivity index (χ2n) is 8.16. The Hall–Kier alpha value is -2.45. The van der Waals surface area contributed by atoms with E-state index in [2.05, 4.69) is 4.98 Å². The van der Waals surface area contributed by atoms with Gasteiger partial charge in [0.2, 0.25) is 5.88 Å². The summed E-state index contributed by atoms with van der Waals surface area (Å²) >= 11 is 0. The van der Waals surface area contributed by atoms with Crippen LogP contribution in [0.2, 0.25) is 0 Å². The zero-order chi connectivity index (χ0) is 22.5. The summed E-state index contributed by atoms with van der Waals surface area (Å²) in [6.45, 7) is 3.34. The number of ether oxygens (including phenoxy) is 1. The monoisotopic (exact) mass is 430 g/mol. The van der Waals surface area contributed by atoms with Gasteiger partial charge in [-0.2, -0.15) is 22.0 Å². The summed E-state index contributed by atoms with van der Waals surface area (Å²) in [5, 5.41) is 0. The number of hydrogen-bond acceptors (Lipinski definition) is 3. The summed E-state index contributed by atoms with van der Waals surface area (Å²) in [4.78, 5) is 17.4. The zero-order valence-electron chi connectivity index (χ0n) is 17.1. The SMILES string of the molecule is CC1=C(Oc2ccc(C(=O)N(C)C)cn2)C(C)CC(C2(C(F)(F)C(F)(F)F)CC2)=C1. The van der Waals surface area contributed by atoms with Crippen LogP contribution in [0.15, 0.2) is 41.3 Å². The number of rotatable bonds is 5. The molecule has 0 bridgehead atoms. The van der Waals surface area contributed by atoms with Crippen LogP contribution in [0.25, 0.3) is 0 Å². The highest BCUT2D eigenvalue weighted by atomic mass is 19.4. The molecular weight excluding hydrogens is 407 g/mol. The van der Waals surface area contributed by atoms with Crippen LogP contribution in [0.1, 0.15) is 43.5 Å². The summed E-state index contributed by atoms with van der Waals surface area (Å²) in [6.07, 6.45) is -3.15. The van der Waals surface area contributed by atoms with E-state index in [1.807, 2.05) is 0 Å². The Kier molecular flexibility index (Phi) is 5.45. The molecule has 1 fully saturated rings. The van der Waals surface area contributed by atoms with Gasteiger partial charge in [-0.15, -0.1) is 0 Å². The fourth-order valence-corrected chi connectivity index (χ4v) is 3.89. The lowest BCUT2D eigenvalue weighted by Gasteiger charge is -2.34. The van der Waals surface area contributed by atoms with E-state index in [-0.39, 0.29) is 36.6 Å². The lowest BCUT2D eigenvalue weighted by molar-refractivity contribution is -0.304. The second kappa shape index (κ2) is 7.35. The Labute approximate surface area is 171 Å². The fourth-order valence-electron chi connectivity index (χ4n) is 3.89. The molecule has 2 aliphatic rings. The summed E-state index contributed by atoms with van der Waals surface area (Å²) < 4.78 is 73.0. The lowest BCUT2D eigenvalue weighted by Crippen LogP contribution is -2.46. The predicted octanol–water partition coefficient (Wildman–Crippen LogP) is 5.38. The van der Waals surface area contributed by atoms with Crippen molar-refractivity contribution in [3.8, 4) is 5.88 Å². The first-order valence-corrected chi connectivity index (χ1v) is 9.52. The standard InChI is InChI=1S/C21H23F5N2O2/c1-12-9-15(19(7-8-19)20(22,23)21(24,25)26)10-13(2)17(12)30-16-6-5-14(11-27-16)18(29)28(3)4/h5-6,9,11,13H,7-8,10H2,1-4H3. The molecule has 4 nitrogen and oxygen atoms in total.